The van der Waals surface area contributed by atoms with Gasteiger partial charge in [0.1, 0.15) is 19.0 Å². The summed E-state index contributed by atoms with van der Waals surface area (Å²) in [6.45, 7) is 1.33. The molecular weight excluding hydrogens is 462 g/mol. The van der Waals surface area contributed by atoms with Gasteiger partial charge in [0.15, 0.2) is 16.6 Å². The van der Waals surface area contributed by atoms with E-state index < -0.39 is 0 Å². The van der Waals surface area contributed by atoms with Crippen molar-refractivity contribution < 1.29 is 19.0 Å². The fourth-order valence-corrected chi connectivity index (χ4v) is 5.14. The molecular formula is C27H21N3O4S. The van der Waals surface area contributed by atoms with Crippen LogP contribution in [0.25, 0.3) is 21.0 Å². The van der Waals surface area contributed by atoms with Gasteiger partial charge in [-0.05, 0) is 34.5 Å². The van der Waals surface area contributed by atoms with E-state index in [0.717, 1.165) is 26.6 Å². The van der Waals surface area contributed by atoms with Gasteiger partial charge in [-0.1, -0.05) is 41.7 Å². The zero-order valence-corrected chi connectivity index (χ0v) is 19.7. The van der Waals surface area contributed by atoms with Crippen molar-refractivity contribution in [3.8, 4) is 17.2 Å². The lowest BCUT2D eigenvalue weighted by atomic mass is 10.0. The summed E-state index contributed by atoms with van der Waals surface area (Å²) in [5.41, 5.74) is 2.12. The first kappa shape index (κ1) is 21.4. The number of pyridine rings is 1. The van der Waals surface area contributed by atoms with Crippen LogP contribution in [-0.2, 0) is 6.54 Å². The van der Waals surface area contributed by atoms with Crippen LogP contribution in [0.2, 0.25) is 0 Å². The van der Waals surface area contributed by atoms with Crippen LogP contribution in [0, 0.1) is 0 Å². The SMILES string of the molecule is COc1cc2ccccc2cc1C(=O)N(Cc1cccnc1)c1nc2cc3c(cc2s1)OCCO3. The van der Waals surface area contributed by atoms with Crippen molar-refractivity contribution in [3.05, 3.63) is 84.2 Å². The molecule has 0 saturated carbocycles. The lowest BCUT2D eigenvalue weighted by molar-refractivity contribution is 0.0982. The highest BCUT2D eigenvalue weighted by Gasteiger charge is 2.26. The number of carbonyl (C=O) groups excluding carboxylic acids is 1. The molecule has 8 heteroatoms. The van der Waals surface area contributed by atoms with Gasteiger partial charge in [-0.25, -0.2) is 4.98 Å². The van der Waals surface area contributed by atoms with Gasteiger partial charge in [-0.15, -0.1) is 0 Å². The summed E-state index contributed by atoms with van der Waals surface area (Å²) in [7, 11) is 1.58. The number of ether oxygens (including phenoxy) is 3. The molecule has 1 amide bonds. The van der Waals surface area contributed by atoms with Crippen LogP contribution in [0.1, 0.15) is 15.9 Å². The highest BCUT2D eigenvalue weighted by Crippen LogP contribution is 2.40. The number of rotatable bonds is 5. The fourth-order valence-electron chi connectivity index (χ4n) is 4.17. The van der Waals surface area contributed by atoms with Gasteiger partial charge >= 0.3 is 0 Å². The highest BCUT2D eigenvalue weighted by molar-refractivity contribution is 7.22. The summed E-state index contributed by atoms with van der Waals surface area (Å²) < 4.78 is 18.0. The van der Waals surface area contributed by atoms with Crippen molar-refractivity contribution in [3.63, 3.8) is 0 Å². The standard InChI is InChI=1S/C27H21N3O4S/c1-32-22-12-19-7-3-2-6-18(19)11-20(22)26(31)30(16-17-5-4-8-28-15-17)27-29-21-13-23-24(14-25(21)35-27)34-10-9-33-23/h2-8,11-15H,9-10,16H2,1H3. The molecule has 2 aromatic heterocycles. The van der Waals surface area contributed by atoms with E-state index in [-0.39, 0.29) is 5.91 Å². The minimum Gasteiger partial charge on any atom is -0.496 e. The second-order valence-corrected chi connectivity index (χ2v) is 9.12. The molecule has 174 valence electrons. The van der Waals surface area contributed by atoms with Crippen molar-refractivity contribution in [2.75, 3.05) is 25.2 Å². The second kappa shape index (κ2) is 8.88. The van der Waals surface area contributed by atoms with Gasteiger partial charge in [0.2, 0.25) is 0 Å². The molecule has 3 heterocycles. The Morgan fingerprint density at radius 3 is 2.54 bits per heavy atom. The molecule has 0 spiro atoms. The summed E-state index contributed by atoms with van der Waals surface area (Å²) >= 11 is 1.43. The normalized spacial score (nSPS) is 12.6. The molecule has 1 aliphatic heterocycles. The summed E-state index contributed by atoms with van der Waals surface area (Å²) in [5, 5.41) is 2.54. The van der Waals surface area contributed by atoms with Crippen LogP contribution in [0.3, 0.4) is 0 Å². The first-order valence-corrected chi connectivity index (χ1v) is 12.0. The lowest BCUT2D eigenvalue weighted by Crippen LogP contribution is -2.30. The number of hydrogen-bond acceptors (Lipinski definition) is 7. The van der Waals surface area contributed by atoms with E-state index in [9.17, 15) is 4.79 Å². The van der Waals surface area contributed by atoms with Crippen molar-refractivity contribution in [2.45, 2.75) is 6.54 Å². The van der Waals surface area contributed by atoms with E-state index >= 15 is 0 Å². The summed E-state index contributed by atoms with van der Waals surface area (Å²) in [5.74, 6) is 1.68. The van der Waals surface area contributed by atoms with Crippen LogP contribution in [0.4, 0.5) is 5.13 Å². The molecule has 0 N–H and O–H groups in total. The molecule has 0 unspecified atom stereocenters. The summed E-state index contributed by atoms with van der Waals surface area (Å²) in [6, 6.07) is 19.3. The third-order valence-corrected chi connectivity index (χ3v) is 6.92. The predicted octanol–water partition coefficient (Wildman–Crippen LogP) is 5.47. The number of hydrogen-bond donors (Lipinski definition) is 0. The van der Waals surface area contributed by atoms with Gasteiger partial charge in [0, 0.05) is 24.5 Å². The zero-order valence-electron chi connectivity index (χ0n) is 18.9. The van der Waals surface area contributed by atoms with Crippen LogP contribution < -0.4 is 19.1 Å². The van der Waals surface area contributed by atoms with Crippen molar-refractivity contribution >= 4 is 43.4 Å². The number of fused-ring (bicyclic) bond motifs is 3. The van der Waals surface area contributed by atoms with Crippen molar-refractivity contribution in [1.29, 1.82) is 0 Å². The lowest BCUT2D eigenvalue weighted by Gasteiger charge is -2.21. The van der Waals surface area contributed by atoms with Crippen molar-refractivity contribution in [1.82, 2.24) is 9.97 Å². The molecule has 6 rings (SSSR count). The predicted molar refractivity (Wildman–Crippen MR) is 136 cm³/mol. The molecule has 0 atom stereocenters. The van der Waals surface area contributed by atoms with E-state index in [0.29, 0.717) is 47.7 Å². The summed E-state index contributed by atoms with van der Waals surface area (Å²) in [4.78, 5) is 24.8. The van der Waals surface area contributed by atoms with Crippen molar-refractivity contribution in [2.24, 2.45) is 0 Å². The summed E-state index contributed by atoms with van der Waals surface area (Å²) in [6.07, 6.45) is 3.47. The maximum atomic E-state index is 14.0. The fraction of sp³-hybridized carbons (Fsp3) is 0.148. The minimum absolute atomic E-state index is 0.201. The molecule has 3 aromatic carbocycles. The first-order chi connectivity index (χ1) is 17.2. The molecule has 0 radical (unpaired) electrons. The Labute approximate surface area is 205 Å². The second-order valence-electron chi connectivity index (χ2n) is 8.11. The van der Waals surface area contributed by atoms with Gasteiger partial charge in [0.25, 0.3) is 5.91 Å². The average Bonchev–Trinajstić information content (AvgIpc) is 3.32. The molecule has 1 aliphatic rings. The number of methoxy groups -OCH3 is 1. The Morgan fingerprint density at radius 2 is 1.80 bits per heavy atom. The number of amides is 1. The molecule has 0 fully saturated rings. The van der Waals surface area contributed by atoms with Gasteiger partial charge in [0.05, 0.1) is 29.4 Å². The molecule has 7 nitrogen and oxygen atoms in total. The minimum atomic E-state index is -0.201. The topological polar surface area (TPSA) is 73.8 Å². The Morgan fingerprint density at radius 1 is 1.03 bits per heavy atom. The third-order valence-electron chi connectivity index (χ3n) is 5.88. The van der Waals surface area contributed by atoms with E-state index in [1.165, 1.54) is 11.3 Å². The van der Waals surface area contributed by atoms with E-state index in [4.69, 9.17) is 19.2 Å². The average molecular weight is 484 g/mol. The molecule has 5 aromatic rings. The number of carbonyl (C=O) groups is 1. The number of thiazole rings is 1. The van der Waals surface area contributed by atoms with Crippen LogP contribution >= 0.6 is 11.3 Å². The van der Waals surface area contributed by atoms with Crippen LogP contribution in [0.15, 0.2) is 73.1 Å². The Hall–Kier alpha value is -4.17. The van der Waals surface area contributed by atoms with E-state index in [1.54, 1.807) is 24.4 Å². The number of nitrogens with zero attached hydrogens (tertiary/aromatic N) is 3. The molecule has 0 saturated heterocycles. The smallest absolute Gasteiger partial charge is 0.264 e. The Bertz CT molecular complexity index is 1510. The number of benzene rings is 3. The largest absolute Gasteiger partial charge is 0.496 e. The van der Waals surface area contributed by atoms with E-state index in [1.807, 2.05) is 60.7 Å². The van der Waals surface area contributed by atoms with Gasteiger partial charge in [-0.3, -0.25) is 14.7 Å². The maximum Gasteiger partial charge on any atom is 0.264 e. The zero-order chi connectivity index (χ0) is 23.8. The molecule has 0 bridgehead atoms. The van der Waals surface area contributed by atoms with E-state index in [2.05, 4.69) is 4.98 Å². The first-order valence-electron chi connectivity index (χ1n) is 11.2. The van der Waals surface area contributed by atoms with Gasteiger partial charge in [-0.2, -0.15) is 0 Å². The Balaban J connectivity index is 1.47. The van der Waals surface area contributed by atoms with Crippen LogP contribution in [0.5, 0.6) is 17.2 Å². The number of aromatic nitrogens is 2. The highest BCUT2D eigenvalue weighted by atomic mass is 32.1. The number of anilines is 1. The molecule has 0 aliphatic carbocycles. The van der Waals surface area contributed by atoms with Gasteiger partial charge < -0.3 is 14.2 Å². The third kappa shape index (κ3) is 4.02. The van der Waals surface area contributed by atoms with Crippen LogP contribution in [-0.4, -0.2) is 36.2 Å². The quantitative estimate of drug-likeness (QED) is 0.330. The monoisotopic (exact) mass is 483 g/mol. The molecule has 35 heavy (non-hydrogen) atoms. The maximum absolute atomic E-state index is 14.0. The Kier molecular flexibility index (Phi) is 5.42.